The van der Waals surface area contributed by atoms with Gasteiger partial charge in [-0.15, -0.1) is 0 Å². The number of aromatic nitrogens is 1. The first kappa shape index (κ1) is 12.4. The molecule has 0 unspecified atom stereocenters. The average molecular weight is 251 g/mol. The van der Waals surface area contributed by atoms with Gasteiger partial charge in [0, 0.05) is 5.69 Å². The Balaban J connectivity index is 3.05. The smallest absolute Gasteiger partial charge is 0.336 e. The van der Waals surface area contributed by atoms with Crippen LogP contribution in [0.2, 0.25) is 0 Å². The lowest BCUT2D eigenvalue weighted by atomic mass is 10.00. The van der Waals surface area contributed by atoms with Crippen molar-refractivity contribution in [3.8, 4) is 0 Å². The van der Waals surface area contributed by atoms with E-state index in [0.717, 1.165) is 12.1 Å². The van der Waals surface area contributed by atoms with Crippen molar-refractivity contribution in [2.24, 2.45) is 0 Å². The molecule has 3 nitrogen and oxygen atoms in total. The van der Waals surface area contributed by atoms with Crippen LogP contribution in [0.4, 0.5) is 8.78 Å². The second-order valence-electron chi connectivity index (χ2n) is 3.97. The topological polar surface area (TPSA) is 50.2 Å². The number of aryl methyl sites for hydroxylation is 1. The van der Waals surface area contributed by atoms with E-state index >= 15 is 0 Å². The van der Waals surface area contributed by atoms with Gasteiger partial charge in [0.25, 0.3) is 0 Å². The highest BCUT2D eigenvalue weighted by Crippen LogP contribution is 2.27. The summed E-state index contributed by atoms with van der Waals surface area (Å²) in [4.78, 5) is 15.3. The normalized spacial score (nSPS) is 10.9. The minimum absolute atomic E-state index is 0.214. The summed E-state index contributed by atoms with van der Waals surface area (Å²) >= 11 is 0. The van der Waals surface area contributed by atoms with Gasteiger partial charge in [-0.2, -0.15) is 0 Å². The van der Waals surface area contributed by atoms with E-state index in [9.17, 15) is 18.7 Å². The van der Waals surface area contributed by atoms with E-state index in [1.807, 2.05) is 0 Å². The summed E-state index contributed by atoms with van der Waals surface area (Å²) in [6, 6.07) is 1.86. The van der Waals surface area contributed by atoms with Gasteiger partial charge in [0.15, 0.2) is 0 Å². The number of rotatable bonds is 2. The van der Waals surface area contributed by atoms with Crippen LogP contribution in [0.5, 0.6) is 0 Å². The molecule has 0 amide bonds. The van der Waals surface area contributed by atoms with Gasteiger partial charge < -0.3 is 5.11 Å². The minimum atomic E-state index is -1.28. The van der Waals surface area contributed by atoms with Crippen molar-refractivity contribution in [2.45, 2.75) is 20.3 Å². The highest BCUT2D eigenvalue weighted by Gasteiger charge is 2.21. The number of nitrogens with zero attached hydrogens (tertiary/aromatic N) is 1. The Morgan fingerprint density at radius 2 is 1.94 bits per heavy atom. The molecule has 2 rings (SSSR count). The lowest BCUT2D eigenvalue weighted by molar-refractivity contribution is 0.0697. The van der Waals surface area contributed by atoms with Gasteiger partial charge in [-0.1, -0.05) is 6.92 Å². The molecule has 2 aromatic rings. The van der Waals surface area contributed by atoms with Crippen LogP contribution in [0.3, 0.4) is 0 Å². The molecule has 0 saturated carbocycles. The third-order valence-corrected chi connectivity index (χ3v) is 2.93. The van der Waals surface area contributed by atoms with Crippen molar-refractivity contribution in [1.82, 2.24) is 4.98 Å². The van der Waals surface area contributed by atoms with Gasteiger partial charge in [0.05, 0.1) is 10.9 Å². The quantitative estimate of drug-likeness (QED) is 0.892. The standard InChI is InChI=1S/C13H11F2NO2/c1-3-9-6(2)10(13(17)18)11-7(14)4-5-8(15)12(11)16-9/h4-5H,3H2,1-2H3,(H,17,18). The number of halogens is 2. The van der Waals surface area contributed by atoms with Crippen molar-refractivity contribution in [1.29, 1.82) is 0 Å². The van der Waals surface area contributed by atoms with E-state index in [0.29, 0.717) is 17.7 Å². The molecule has 1 aromatic heterocycles. The maximum absolute atomic E-state index is 13.7. The Kier molecular flexibility index (Phi) is 2.98. The summed E-state index contributed by atoms with van der Waals surface area (Å²) in [7, 11) is 0. The lowest BCUT2D eigenvalue weighted by Crippen LogP contribution is -2.08. The molecule has 0 aliphatic carbocycles. The number of hydrogen-bond acceptors (Lipinski definition) is 2. The predicted octanol–water partition coefficient (Wildman–Crippen LogP) is 3.08. The summed E-state index contributed by atoms with van der Waals surface area (Å²) in [5.41, 5.74) is 0.398. The Bertz CT molecular complexity index is 653. The van der Waals surface area contributed by atoms with Crippen molar-refractivity contribution >= 4 is 16.9 Å². The fraction of sp³-hybridized carbons (Fsp3) is 0.231. The number of fused-ring (bicyclic) bond motifs is 1. The summed E-state index contributed by atoms with van der Waals surface area (Å²) in [5, 5.41) is 8.92. The van der Waals surface area contributed by atoms with E-state index in [1.54, 1.807) is 13.8 Å². The molecule has 1 heterocycles. The minimum Gasteiger partial charge on any atom is -0.478 e. The zero-order valence-corrected chi connectivity index (χ0v) is 9.92. The first-order chi connectivity index (χ1) is 8.47. The molecule has 0 spiro atoms. The van der Waals surface area contributed by atoms with E-state index in [4.69, 9.17) is 0 Å². The van der Waals surface area contributed by atoms with Gasteiger partial charge in [0.2, 0.25) is 0 Å². The Hall–Kier alpha value is -2.04. The van der Waals surface area contributed by atoms with Gasteiger partial charge in [-0.05, 0) is 31.0 Å². The third-order valence-electron chi connectivity index (χ3n) is 2.93. The molecular weight excluding hydrogens is 240 g/mol. The highest BCUT2D eigenvalue weighted by molar-refractivity contribution is 6.04. The molecule has 94 valence electrons. The highest BCUT2D eigenvalue weighted by atomic mass is 19.1. The number of pyridine rings is 1. The number of benzene rings is 1. The van der Waals surface area contributed by atoms with Gasteiger partial charge in [-0.3, -0.25) is 0 Å². The molecule has 0 fully saturated rings. The largest absolute Gasteiger partial charge is 0.478 e. The van der Waals surface area contributed by atoms with Crippen LogP contribution in [0.15, 0.2) is 12.1 Å². The fourth-order valence-electron chi connectivity index (χ4n) is 2.05. The first-order valence-electron chi connectivity index (χ1n) is 5.47. The SMILES string of the molecule is CCc1nc2c(F)ccc(F)c2c(C(=O)O)c1C. The number of carboxylic acids is 1. The first-order valence-corrected chi connectivity index (χ1v) is 5.47. The summed E-state index contributed by atoms with van der Waals surface area (Å²) < 4.78 is 27.4. The van der Waals surface area contributed by atoms with Crippen LogP contribution in [0.25, 0.3) is 10.9 Å². The molecule has 0 aliphatic heterocycles. The van der Waals surface area contributed by atoms with Gasteiger partial charge >= 0.3 is 5.97 Å². The summed E-state index contributed by atoms with van der Waals surface area (Å²) in [6.07, 6.45) is 0.456. The van der Waals surface area contributed by atoms with Crippen molar-refractivity contribution < 1.29 is 18.7 Å². The number of carboxylic acid groups (broad SMARTS) is 1. The Labute approximate surface area is 102 Å². The van der Waals surface area contributed by atoms with E-state index in [1.165, 1.54) is 0 Å². The molecule has 0 radical (unpaired) electrons. The summed E-state index contributed by atoms with van der Waals surface area (Å²) in [5.74, 6) is -2.77. The van der Waals surface area contributed by atoms with Crippen LogP contribution in [0.1, 0.15) is 28.5 Å². The zero-order valence-electron chi connectivity index (χ0n) is 9.92. The second kappa shape index (κ2) is 4.33. The maximum Gasteiger partial charge on any atom is 0.336 e. The Morgan fingerprint density at radius 3 is 2.50 bits per heavy atom. The van der Waals surface area contributed by atoms with Crippen LogP contribution < -0.4 is 0 Å². The number of hydrogen-bond donors (Lipinski definition) is 1. The van der Waals surface area contributed by atoms with Crippen LogP contribution >= 0.6 is 0 Å². The summed E-state index contributed by atoms with van der Waals surface area (Å²) in [6.45, 7) is 3.34. The Morgan fingerprint density at radius 1 is 1.33 bits per heavy atom. The van der Waals surface area contributed by atoms with Crippen molar-refractivity contribution in [3.63, 3.8) is 0 Å². The second-order valence-corrected chi connectivity index (χ2v) is 3.97. The fourth-order valence-corrected chi connectivity index (χ4v) is 2.05. The molecular formula is C13H11F2NO2. The number of aromatic carboxylic acids is 1. The van der Waals surface area contributed by atoms with E-state index < -0.39 is 17.6 Å². The maximum atomic E-state index is 13.7. The molecule has 5 heteroatoms. The van der Waals surface area contributed by atoms with Crippen molar-refractivity contribution in [3.05, 3.63) is 40.6 Å². The van der Waals surface area contributed by atoms with Crippen molar-refractivity contribution in [2.75, 3.05) is 0 Å². The monoisotopic (exact) mass is 251 g/mol. The van der Waals surface area contributed by atoms with Crippen LogP contribution in [0, 0.1) is 18.6 Å². The molecule has 1 N–H and O–H groups in total. The van der Waals surface area contributed by atoms with Crippen LogP contribution in [-0.4, -0.2) is 16.1 Å². The molecule has 0 saturated heterocycles. The molecule has 0 atom stereocenters. The average Bonchev–Trinajstić information content (AvgIpc) is 2.33. The van der Waals surface area contributed by atoms with Gasteiger partial charge in [0.1, 0.15) is 17.2 Å². The van der Waals surface area contributed by atoms with Crippen LogP contribution in [-0.2, 0) is 6.42 Å². The van der Waals surface area contributed by atoms with E-state index in [-0.39, 0.29) is 16.5 Å². The molecule has 18 heavy (non-hydrogen) atoms. The predicted molar refractivity (Wildman–Crippen MR) is 62.7 cm³/mol. The molecule has 0 bridgehead atoms. The third kappa shape index (κ3) is 1.72. The molecule has 0 aliphatic rings. The molecule has 1 aromatic carbocycles. The number of carbonyl (C=O) groups is 1. The van der Waals surface area contributed by atoms with E-state index in [2.05, 4.69) is 4.98 Å². The van der Waals surface area contributed by atoms with Gasteiger partial charge in [-0.25, -0.2) is 18.6 Å². The zero-order chi connectivity index (χ0) is 13.4. The lowest BCUT2D eigenvalue weighted by Gasteiger charge is -2.11.